The van der Waals surface area contributed by atoms with Gasteiger partial charge in [-0.1, -0.05) is 12.1 Å². The molecule has 0 amide bonds. The molecule has 96 valence electrons. The number of halogens is 1. The van der Waals surface area contributed by atoms with Gasteiger partial charge < -0.3 is 5.32 Å². The van der Waals surface area contributed by atoms with Gasteiger partial charge in [0.1, 0.15) is 0 Å². The zero-order valence-corrected chi connectivity index (χ0v) is 10.7. The number of hydrogen-bond acceptors (Lipinski definition) is 3. The lowest BCUT2D eigenvalue weighted by atomic mass is 10.2. The van der Waals surface area contributed by atoms with Crippen molar-refractivity contribution in [3.63, 3.8) is 0 Å². The number of H-pyrrole nitrogens is 1. The maximum Gasteiger partial charge on any atom is 0.183 e. The predicted octanol–water partition coefficient (Wildman–Crippen LogP) is 3.46. The van der Waals surface area contributed by atoms with Crippen LogP contribution in [-0.2, 0) is 0 Å². The quantitative estimate of drug-likeness (QED) is 0.738. The van der Waals surface area contributed by atoms with Crippen molar-refractivity contribution in [3.8, 4) is 0 Å². The average molecular weight is 256 g/mol. The van der Waals surface area contributed by atoms with E-state index < -0.39 is 5.82 Å². The molecule has 2 N–H and O–H groups in total. The lowest BCUT2D eigenvalue weighted by Crippen LogP contribution is -1.97. The fourth-order valence-electron chi connectivity index (χ4n) is 1.98. The Morgan fingerprint density at radius 1 is 1.21 bits per heavy atom. The van der Waals surface area contributed by atoms with Gasteiger partial charge in [-0.05, 0) is 37.6 Å². The summed E-state index contributed by atoms with van der Waals surface area (Å²) in [4.78, 5) is 4.19. The maximum absolute atomic E-state index is 14.0. The van der Waals surface area contributed by atoms with Gasteiger partial charge in [-0.15, -0.1) is 0 Å². The van der Waals surface area contributed by atoms with Gasteiger partial charge in [0.2, 0.25) is 0 Å². The highest BCUT2D eigenvalue weighted by atomic mass is 19.1. The fraction of sp³-hybridized carbons (Fsp3) is 0.143. The van der Waals surface area contributed by atoms with Gasteiger partial charge in [-0.3, -0.25) is 5.10 Å². The SMILES string of the molecule is Cc1cccc(Nc2nc3n[nH]c(C)c3cc2F)c1. The molecule has 0 saturated heterocycles. The first-order valence-corrected chi connectivity index (χ1v) is 5.98. The van der Waals surface area contributed by atoms with Crippen LogP contribution < -0.4 is 5.32 Å². The molecule has 3 rings (SSSR count). The van der Waals surface area contributed by atoms with E-state index in [-0.39, 0.29) is 5.82 Å². The molecular formula is C14H13FN4. The Morgan fingerprint density at radius 2 is 2.05 bits per heavy atom. The van der Waals surface area contributed by atoms with Crippen LogP contribution in [0.25, 0.3) is 11.0 Å². The Kier molecular flexibility index (Phi) is 2.67. The molecule has 0 unspecified atom stereocenters. The summed E-state index contributed by atoms with van der Waals surface area (Å²) in [6.07, 6.45) is 0. The highest BCUT2D eigenvalue weighted by molar-refractivity contribution is 5.80. The third-order valence-corrected chi connectivity index (χ3v) is 2.97. The van der Waals surface area contributed by atoms with E-state index in [1.807, 2.05) is 38.1 Å². The molecule has 1 aromatic carbocycles. The lowest BCUT2D eigenvalue weighted by Gasteiger charge is -2.07. The van der Waals surface area contributed by atoms with Gasteiger partial charge in [-0.2, -0.15) is 5.10 Å². The van der Waals surface area contributed by atoms with Crippen LogP contribution in [-0.4, -0.2) is 15.2 Å². The molecule has 3 aromatic rings. The number of hydrogen-bond donors (Lipinski definition) is 2. The first-order chi connectivity index (χ1) is 9.13. The largest absolute Gasteiger partial charge is 0.338 e. The van der Waals surface area contributed by atoms with Gasteiger partial charge in [0, 0.05) is 16.8 Å². The number of anilines is 2. The Balaban J connectivity index is 2.03. The highest BCUT2D eigenvalue weighted by Crippen LogP contribution is 2.23. The van der Waals surface area contributed by atoms with E-state index in [1.54, 1.807) is 0 Å². The monoisotopic (exact) mass is 256 g/mol. The summed E-state index contributed by atoms with van der Waals surface area (Å²) in [6.45, 7) is 3.82. The summed E-state index contributed by atoms with van der Waals surface area (Å²) < 4.78 is 14.0. The molecule has 0 bridgehead atoms. The van der Waals surface area contributed by atoms with Crippen LogP contribution in [0.3, 0.4) is 0 Å². The summed E-state index contributed by atoms with van der Waals surface area (Å²) in [6, 6.07) is 9.14. The minimum absolute atomic E-state index is 0.185. The molecule has 2 heterocycles. The summed E-state index contributed by atoms with van der Waals surface area (Å²) in [5.41, 5.74) is 3.22. The minimum Gasteiger partial charge on any atom is -0.338 e. The number of benzene rings is 1. The van der Waals surface area contributed by atoms with Gasteiger partial charge in [0.15, 0.2) is 17.3 Å². The average Bonchev–Trinajstić information content (AvgIpc) is 2.71. The zero-order chi connectivity index (χ0) is 13.4. The van der Waals surface area contributed by atoms with Crippen molar-refractivity contribution in [1.82, 2.24) is 15.2 Å². The lowest BCUT2D eigenvalue weighted by molar-refractivity contribution is 0.629. The highest BCUT2D eigenvalue weighted by Gasteiger charge is 2.10. The molecule has 5 heteroatoms. The van der Waals surface area contributed by atoms with Gasteiger partial charge in [0.25, 0.3) is 0 Å². The summed E-state index contributed by atoms with van der Waals surface area (Å²) in [5, 5.41) is 10.5. The number of aryl methyl sites for hydroxylation is 2. The number of rotatable bonds is 2. The molecule has 0 radical (unpaired) electrons. The van der Waals surface area contributed by atoms with Crippen LogP contribution in [0.15, 0.2) is 30.3 Å². The minimum atomic E-state index is -0.390. The molecule has 4 nitrogen and oxygen atoms in total. The number of nitrogens with one attached hydrogen (secondary N) is 2. The second-order valence-electron chi connectivity index (χ2n) is 4.53. The fourth-order valence-corrected chi connectivity index (χ4v) is 1.98. The number of fused-ring (bicyclic) bond motifs is 1. The molecule has 0 saturated carbocycles. The topological polar surface area (TPSA) is 53.6 Å². The van der Waals surface area contributed by atoms with E-state index in [0.29, 0.717) is 11.0 Å². The van der Waals surface area contributed by atoms with Crippen molar-refractivity contribution in [2.24, 2.45) is 0 Å². The van der Waals surface area contributed by atoms with Crippen molar-refractivity contribution >= 4 is 22.5 Å². The number of aromatic amines is 1. The molecular weight excluding hydrogens is 243 g/mol. The molecule has 0 atom stereocenters. The molecule has 0 aliphatic carbocycles. The first-order valence-electron chi connectivity index (χ1n) is 5.98. The molecule has 2 aromatic heterocycles. The first kappa shape index (κ1) is 11.6. The normalized spacial score (nSPS) is 10.9. The van der Waals surface area contributed by atoms with Crippen LogP contribution in [0.2, 0.25) is 0 Å². The Labute approximate surface area is 109 Å². The molecule has 0 spiro atoms. The second kappa shape index (κ2) is 4.35. The van der Waals surface area contributed by atoms with Gasteiger partial charge in [0.05, 0.1) is 0 Å². The Hall–Kier alpha value is -2.43. The summed E-state index contributed by atoms with van der Waals surface area (Å²) in [7, 11) is 0. The second-order valence-corrected chi connectivity index (χ2v) is 4.53. The molecule has 0 fully saturated rings. The van der Waals surface area contributed by atoms with Crippen LogP contribution in [0.5, 0.6) is 0 Å². The number of nitrogens with zero attached hydrogens (tertiary/aromatic N) is 2. The van der Waals surface area contributed by atoms with Crippen molar-refractivity contribution < 1.29 is 4.39 Å². The standard InChI is InChI=1S/C14H13FN4/c1-8-4-3-5-10(6-8)16-14-12(15)7-11-9(2)18-19-13(11)17-14/h3-7H,1-2H3,(H2,16,17,18,19). The number of aromatic nitrogens is 3. The maximum atomic E-state index is 14.0. The van der Waals surface area contributed by atoms with E-state index in [1.165, 1.54) is 6.07 Å². The molecule has 0 aliphatic rings. The Morgan fingerprint density at radius 3 is 2.84 bits per heavy atom. The van der Waals surface area contributed by atoms with E-state index in [4.69, 9.17) is 0 Å². The summed E-state index contributed by atoms with van der Waals surface area (Å²) in [5.74, 6) is -0.205. The van der Waals surface area contributed by atoms with Crippen molar-refractivity contribution in [2.75, 3.05) is 5.32 Å². The third kappa shape index (κ3) is 2.14. The van der Waals surface area contributed by atoms with Crippen molar-refractivity contribution in [2.45, 2.75) is 13.8 Å². The third-order valence-electron chi connectivity index (χ3n) is 2.97. The van der Waals surface area contributed by atoms with Gasteiger partial charge in [-0.25, -0.2) is 9.37 Å². The van der Waals surface area contributed by atoms with E-state index in [2.05, 4.69) is 20.5 Å². The van der Waals surface area contributed by atoms with Crippen LogP contribution in [0.1, 0.15) is 11.3 Å². The van der Waals surface area contributed by atoms with Gasteiger partial charge >= 0.3 is 0 Å². The number of pyridine rings is 1. The summed E-state index contributed by atoms with van der Waals surface area (Å²) >= 11 is 0. The van der Waals surface area contributed by atoms with E-state index in [0.717, 1.165) is 16.9 Å². The molecule has 0 aliphatic heterocycles. The van der Waals surface area contributed by atoms with Crippen LogP contribution in [0.4, 0.5) is 15.9 Å². The Bertz CT molecular complexity index is 748. The zero-order valence-electron chi connectivity index (χ0n) is 10.7. The van der Waals surface area contributed by atoms with Crippen LogP contribution in [0, 0.1) is 19.7 Å². The smallest absolute Gasteiger partial charge is 0.183 e. The van der Waals surface area contributed by atoms with Crippen LogP contribution >= 0.6 is 0 Å². The molecule has 19 heavy (non-hydrogen) atoms. The van der Waals surface area contributed by atoms with E-state index >= 15 is 0 Å². The van der Waals surface area contributed by atoms with E-state index in [9.17, 15) is 4.39 Å². The predicted molar refractivity (Wildman–Crippen MR) is 73.0 cm³/mol. The van der Waals surface area contributed by atoms with Crippen molar-refractivity contribution in [3.05, 3.63) is 47.4 Å². The van der Waals surface area contributed by atoms with Crippen molar-refractivity contribution in [1.29, 1.82) is 0 Å².